The lowest BCUT2D eigenvalue weighted by Gasteiger charge is -2.36. The van der Waals surface area contributed by atoms with Crippen molar-refractivity contribution in [2.45, 2.75) is 6.92 Å². The fraction of sp³-hybridized carbons (Fsp3) is 0.474. The fourth-order valence-electron chi connectivity index (χ4n) is 3.57. The Kier molecular flexibility index (Phi) is 5.58. The van der Waals surface area contributed by atoms with Crippen molar-refractivity contribution in [3.05, 3.63) is 35.5 Å². The topological polar surface area (TPSA) is 73.3 Å². The Morgan fingerprint density at radius 2 is 1.77 bits per heavy atom. The first kappa shape index (κ1) is 18.4. The minimum Gasteiger partial charge on any atom is -0.496 e. The summed E-state index contributed by atoms with van der Waals surface area (Å²) >= 11 is 0. The number of imide groups is 1. The van der Waals surface area contributed by atoms with E-state index in [2.05, 4.69) is 4.90 Å². The van der Waals surface area contributed by atoms with Crippen LogP contribution in [0.5, 0.6) is 5.75 Å². The number of amides is 2. The molecule has 1 N–H and O–H groups in total. The second-order valence-corrected chi connectivity index (χ2v) is 6.33. The number of likely N-dealkylation sites (N-methyl/N-ethyl adjacent to an activating group) is 1. The Hall–Kier alpha value is -2.38. The number of aliphatic hydroxyl groups is 1. The number of methoxy groups -OCH3 is 1. The number of benzene rings is 1. The van der Waals surface area contributed by atoms with Crippen molar-refractivity contribution in [1.82, 2.24) is 14.7 Å². The van der Waals surface area contributed by atoms with Crippen LogP contribution in [0.4, 0.5) is 0 Å². The molecular formula is C19H25N3O4. The minimum atomic E-state index is -0.269. The van der Waals surface area contributed by atoms with Gasteiger partial charge in [-0.1, -0.05) is 18.2 Å². The van der Waals surface area contributed by atoms with E-state index in [0.717, 1.165) is 13.1 Å². The number of β-amino-alcohol motifs (C(OH)–C–C–N with tert-alkyl or cyclic N) is 1. The molecule has 0 bridgehead atoms. The smallest absolute Gasteiger partial charge is 0.277 e. The Bertz CT molecular complexity index is 723. The molecular weight excluding hydrogens is 334 g/mol. The van der Waals surface area contributed by atoms with Crippen LogP contribution in [-0.2, 0) is 9.59 Å². The standard InChI is InChI=1S/C19H25N3O4/c1-3-22-18(24)16(14-6-4-5-7-15(14)26-2)17(19(22)25)21-10-8-20(9-11-21)12-13-23/h4-7,23H,3,8-13H2,1-2H3. The molecule has 0 aromatic heterocycles. The van der Waals surface area contributed by atoms with Crippen LogP contribution in [0.1, 0.15) is 12.5 Å². The molecule has 2 aliphatic heterocycles. The molecule has 26 heavy (non-hydrogen) atoms. The molecule has 0 saturated carbocycles. The molecule has 0 radical (unpaired) electrons. The first-order chi connectivity index (χ1) is 12.6. The molecule has 0 aliphatic carbocycles. The lowest BCUT2D eigenvalue weighted by molar-refractivity contribution is -0.137. The van der Waals surface area contributed by atoms with Crippen LogP contribution >= 0.6 is 0 Å². The van der Waals surface area contributed by atoms with Gasteiger partial charge < -0.3 is 14.7 Å². The lowest BCUT2D eigenvalue weighted by atomic mass is 10.0. The van der Waals surface area contributed by atoms with Crippen LogP contribution in [0.15, 0.2) is 30.0 Å². The summed E-state index contributed by atoms with van der Waals surface area (Å²) in [5.74, 6) is 0.0711. The Balaban J connectivity index is 2.00. The predicted octanol–water partition coefficient (Wildman–Crippen LogP) is 0.405. The van der Waals surface area contributed by atoms with Gasteiger partial charge in [0.15, 0.2) is 0 Å². The zero-order valence-corrected chi connectivity index (χ0v) is 15.3. The van der Waals surface area contributed by atoms with Crippen LogP contribution in [0.2, 0.25) is 0 Å². The molecule has 1 aromatic carbocycles. The molecule has 2 heterocycles. The van der Waals surface area contributed by atoms with E-state index < -0.39 is 0 Å². The number of carbonyl (C=O) groups excluding carboxylic acids is 2. The second-order valence-electron chi connectivity index (χ2n) is 6.33. The van der Waals surface area contributed by atoms with Gasteiger partial charge in [-0.2, -0.15) is 0 Å². The molecule has 1 aromatic rings. The normalized spacial score (nSPS) is 18.9. The third-order valence-corrected chi connectivity index (χ3v) is 4.94. The van der Waals surface area contributed by atoms with Crippen molar-refractivity contribution in [3.8, 4) is 5.75 Å². The van der Waals surface area contributed by atoms with Gasteiger partial charge in [-0.25, -0.2) is 0 Å². The Morgan fingerprint density at radius 1 is 1.08 bits per heavy atom. The van der Waals surface area contributed by atoms with Crippen LogP contribution in [0, 0.1) is 0 Å². The third-order valence-electron chi connectivity index (χ3n) is 4.94. The SMILES string of the molecule is CCN1C(=O)C(c2ccccc2OC)=C(N2CCN(CCO)CC2)C1=O. The molecule has 1 fully saturated rings. The summed E-state index contributed by atoms with van der Waals surface area (Å²) in [5, 5.41) is 9.10. The number of ether oxygens (including phenoxy) is 1. The van der Waals surface area contributed by atoms with Gasteiger partial charge >= 0.3 is 0 Å². The van der Waals surface area contributed by atoms with E-state index in [1.54, 1.807) is 20.1 Å². The highest BCUT2D eigenvalue weighted by molar-refractivity contribution is 6.36. The quantitative estimate of drug-likeness (QED) is 0.742. The van der Waals surface area contributed by atoms with Gasteiger partial charge in [-0.3, -0.25) is 19.4 Å². The number of carbonyl (C=O) groups is 2. The zero-order chi connectivity index (χ0) is 18.7. The predicted molar refractivity (Wildman–Crippen MR) is 97.4 cm³/mol. The summed E-state index contributed by atoms with van der Waals surface area (Å²) in [6.45, 7) is 5.67. The molecule has 2 amide bonds. The van der Waals surface area contributed by atoms with Crippen LogP contribution < -0.4 is 4.74 Å². The van der Waals surface area contributed by atoms with Crippen LogP contribution in [0.3, 0.4) is 0 Å². The van der Waals surface area contributed by atoms with Gasteiger partial charge in [0.25, 0.3) is 11.8 Å². The molecule has 0 unspecified atom stereocenters. The van der Waals surface area contributed by atoms with Crippen molar-refractivity contribution in [2.24, 2.45) is 0 Å². The number of aliphatic hydroxyl groups excluding tert-OH is 1. The third kappa shape index (κ3) is 3.20. The van der Waals surface area contributed by atoms with E-state index in [-0.39, 0.29) is 18.4 Å². The molecule has 140 valence electrons. The summed E-state index contributed by atoms with van der Waals surface area (Å²) in [4.78, 5) is 31.3. The maximum atomic E-state index is 13.0. The van der Waals surface area contributed by atoms with Crippen molar-refractivity contribution in [1.29, 1.82) is 0 Å². The summed E-state index contributed by atoms with van der Waals surface area (Å²) < 4.78 is 5.42. The number of nitrogens with zero attached hydrogens (tertiary/aromatic N) is 3. The van der Waals surface area contributed by atoms with E-state index in [9.17, 15) is 9.59 Å². The number of hydrogen-bond donors (Lipinski definition) is 1. The fourth-order valence-corrected chi connectivity index (χ4v) is 3.57. The summed E-state index contributed by atoms with van der Waals surface area (Å²) in [7, 11) is 1.56. The van der Waals surface area contributed by atoms with Crippen molar-refractivity contribution >= 4 is 17.4 Å². The monoisotopic (exact) mass is 359 g/mol. The van der Waals surface area contributed by atoms with E-state index in [4.69, 9.17) is 9.84 Å². The maximum Gasteiger partial charge on any atom is 0.277 e. The highest BCUT2D eigenvalue weighted by Gasteiger charge is 2.42. The second kappa shape index (κ2) is 7.88. The highest BCUT2D eigenvalue weighted by Crippen LogP contribution is 2.36. The first-order valence-electron chi connectivity index (χ1n) is 8.94. The molecule has 2 aliphatic rings. The van der Waals surface area contributed by atoms with E-state index in [1.165, 1.54) is 4.90 Å². The summed E-state index contributed by atoms with van der Waals surface area (Å²) in [6.07, 6.45) is 0. The number of hydrogen-bond acceptors (Lipinski definition) is 6. The molecule has 7 nitrogen and oxygen atoms in total. The lowest BCUT2D eigenvalue weighted by Crippen LogP contribution is -2.48. The molecule has 0 spiro atoms. The van der Waals surface area contributed by atoms with Gasteiger partial charge in [0.1, 0.15) is 11.4 Å². The van der Waals surface area contributed by atoms with E-state index in [0.29, 0.717) is 48.8 Å². The highest BCUT2D eigenvalue weighted by atomic mass is 16.5. The average molecular weight is 359 g/mol. The number of rotatable bonds is 6. The zero-order valence-electron chi connectivity index (χ0n) is 15.3. The van der Waals surface area contributed by atoms with Gasteiger partial charge in [-0.05, 0) is 13.0 Å². The largest absolute Gasteiger partial charge is 0.496 e. The summed E-state index contributed by atoms with van der Waals surface area (Å²) in [5.41, 5.74) is 1.53. The van der Waals surface area contributed by atoms with E-state index in [1.807, 2.05) is 23.1 Å². The Morgan fingerprint density at radius 3 is 2.38 bits per heavy atom. The van der Waals surface area contributed by atoms with Crippen molar-refractivity contribution < 1.29 is 19.4 Å². The minimum absolute atomic E-state index is 0.121. The van der Waals surface area contributed by atoms with Crippen molar-refractivity contribution in [2.75, 3.05) is 53.0 Å². The molecule has 0 atom stereocenters. The first-order valence-corrected chi connectivity index (χ1v) is 8.94. The number of piperazine rings is 1. The van der Waals surface area contributed by atoms with Crippen LogP contribution in [0.25, 0.3) is 5.57 Å². The van der Waals surface area contributed by atoms with Crippen LogP contribution in [-0.4, -0.2) is 84.6 Å². The average Bonchev–Trinajstić information content (AvgIpc) is 2.92. The van der Waals surface area contributed by atoms with Gasteiger partial charge in [0.2, 0.25) is 0 Å². The molecule has 1 saturated heterocycles. The molecule has 3 rings (SSSR count). The van der Waals surface area contributed by atoms with Gasteiger partial charge in [0, 0.05) is 44.8 Å². The molecule has 7 heteroatoms. The van der Waals surface area contributed by atoms with Crippen molar-refractivity contribution in [3.63, 3.8) is 0 Å². The summed E-state index contributed by atoms with van der Waals surface area (Å²) in [6, 6.07) is 7.30. The van der Waals surface area contributed by atoms with Gasteiger partial charge in [0.05, 0.1) is 19.3 Å². The Labute approximate surface area is 153 Å². The number of para-hydroxylation sites is 1. The van der Waals surface area contributed by atoms with E-state index >= 15 is 0 Å². The maximum absolute atomic E-state index is 13.0. The van der Waals surface area contributed by atoms with Gasteiger partial charge in [-0.15, -0.1) is 0 Å².